The molecule has 0 atom stereocenters. The number of rotatable bonds is 2. The third-order valence-corrected chi connectivity index (χ3v) is 0.352. The molecule has 0 aromatic carbocycles. The molecule has 2 nitrogen and oxygen atoms in total. The van der Waals surface area contributed by atoms with Gasteiger partial charge in [0.25, 0.3) is 0 Å². The maximum atomic E-state index is 9.47. The van der Waals surface area contributed by atoms with Gasteiger partial charge in [-0.2, -0.15) is 0 Å². The van der Waals surface area contributed by atoms with Gasteiger partial charge in [0.05, 0.1) is 0 Å². The topological polar surface area (TPSA) is 35.1 Å². The van der Waals surface area contributed by atoms with Gasteiger partial charge < -0.3 is 10.4 Å². The largest absolute Gasteiger partial charge is 1.00 e. The summed E-state index contributed by atoms with van der Waals surface area (Å²) in [7, 11) is 1.76. The Kier molecular flexibility index (Phi) is 15.6. The summed E-state index contributed by atoms with van der Waals surface area (Å²) in [5.74, 6) is 0. The van der Waals surface area contributed by atoms with Crippen LogP contribution in [-0.2, 0) is 0 Å². The molecule has 0 amide bonds. The van der Waals surface area contributed by atoms with Crippen LogP contribution in [0, 0.1) is 0 Å². The Labute approximate surface area is 60.2 Å². The molecule has 0 heterocycles. The molecule has 0 saturated carbocycles. The first kappa shape index (κ1) is 10.0. The summed E-state index contributed by atoms with van der Waals surface area (Å²) in [6.07, 6.45) is 0. The second-order valence-corrected chi connectivity index (χ2v) is 0.808. The van der Waals surface area contributed by atoms with Crippen LogP contribution >= 0.6 is 0 Å². The zero-order valence-corrected chi connectivity index (χ0v) is 6.32. The monoisotopic (exact) mass is 97.1 g/mol. The van der Waals surface area contributed by atoms with Crippen LogP contribution < -0.4 is 40.0 Å². The van der Waals surface area contributed by atoms with Crippen molar-refractivity contribution in [2.45, 2.75) is 0 Å². The molecule has 0 aliphatic carbocycles. The van der Waals surface area contributed by atoms with E-state index >= 15 is 0 Å². The van der Waals surface area contributed by atoms with E-state index in [2.05, 4.69) is 5.32 Å². The molecular formula is C3H8NNaO. The van der Waals surface area contributed by atoms with Crippen molar-refractivity contribution in [2.75, 3.05) is 20.2 Å². The molecule has 0 aliphatic rings. The molecule has 0 rings (SSSR count). The second kappa shape index (κ2) is 9.33. The molecule has 0 bridgehead atoms. The van der Waals surface area contributed by atoms with Crippen LogP contribution in [0.5, 0.6) is 0 Å². The summed E-state index contributed by atoms with van der Waals surface area (Å²) in [6, 6.07) is 0. The van der Waals surface area contributed by atoms with Gasteiger partial charge in [0, 0.05) is 0 Å². The van der Waals surface area contributed by atoms with Crippen LogP contribution in [0.15, 0.2) is 0 Å². The summed E-state index contributed by atoms with van der Waals surface area (Å²) in [4.78, 5) is 0. The Bertz CT molecular complexity index is 18.3. The van der Waals surface area contributed by atoms with Crippen molar-refractivity contribution in [3.8, 4) is 0 Å². The van der Waals surface area contributed by atoms with Gasteiger partial charge in [0.15, 0.2) is 0 Å². The van der Waals surface area contributed by atoms with Gasteiger partial charge in [0.1, 0.15) is 0 Å². The fraction of sp³-hybridized carbons (Fsp3) is 1.00. The standard InChI is InChI=1S/C3H8NO.Na/c1-4-2-3-5;/h4H,2-3H2,1H3;/q-1;+1. The Morgan fingerprint density at radius 3 is 2.17 bits per heavy atom. The van der Waals surface area contributed by atoms with E-state index in [1.54, 1.807) is 7.05 Å². The van der Waals surface area contributed by atoms with Gasteiger partial charge in [-0.1, -0.05) is 0 Å². The van der Waals surface area contributed by atoms with Crippen LogP contribution in [0.2, 0.25) is 0 Å². The van der Waals surface area contributed by atoms with Crippen LogP contribution in [0.4, 0.5) is 0 Å². The number of hydrogen-bond acceptors (Lipinski definition) is 2. The number of nitrogens with one attached hydrogen (secondary N) is 1. The van der Waals surface area contributed by atoms with Crippen molar-refractivity contribution in [1.29, 1.82) is 0 Å². The smallest absolute Gasteiger partial charge is 0.854 e. The predicted octanol–water partition coefficient (Wildman–Crippen LogP) is -4.43. The average molecular weight is 97.1 g/mol. The van der Waals surface area contributed by atoms with Crippen molar-refractivity contribution >= 4 is 0 Å². The molecule has 1 N–H and O–H groups in total. The van der Waals surface area contributed by atoms with E-state index in [1.165, 1.54) is 0 Å². The number of hydrogen-bond donors (Lipinski definition) is 1. The van der Waals surface area contributed by atoms with Crippen molar-refractivity contribution in [2.24, 2.45) is 0 Å². The minimum Gasteiger partial charge on any atom is -0.854 e. The first-order valence-corrected chi connectivity index (χ1v) is 1.64. The summed E-state index contributed by atoms with van der Waals surface area (Å²) in [6.45, 7) is 0.566. The van der Waals surface area contributed by atoms with Gasteiger partial charge >= 0.3 is 29.6 Å². The Morgan fingerprint density at radius 2 is 2.17 bits per heavy atom. The van der Waals surface area contributed by atoms with Crippen LogP contribution in [0.3, 0.4) is 0 Å². The van der Waals surface area contributed by atoms with E-state index < -0.39 is 0 Å². The van der Waals surface area contributed by atoms with E-state index in [1.807, 2.05) is 0 Å². The molecule has 0 aliphatic heterocycles. The summed E-state index contributed by atoms with van der Waals surface area (Å²) < 4.78 is 0. The van der Waals surface area contributed by atoms with Gasteiger partial charge in [-0.3, -0.25) is 0 Å². The molecule has 6 heavy (non-hydrogen) atoms. The van der Waals surface area contributed by atoms with Gasteiger partial charge in [-0.25, -0.2) is 0 Å². The molecular weight excluding hydrogens is 89.0 g/mol. The van der Waals surface area contributed by atoms with Gasteiger partial charge in [-0.05, 0) is 13.6 Å². The van der Waals surface area contributed by atoms with Crippen LogP contribution in [0.25, 0.3) is 0 Å². The SMILES string of the molecule is CNCC[O-].[Na+]. The van der Waals surface area contributed by atoms with Crippen LogP contribution in [-0.4, -0.2) is 20.2 Å². The molecule has 0 spiro atoms. The molecule has 0 unspecified atom stereocenters. The van der Waals surface area contributed by atoms with E-state index in [4.69, 9.17) is 0 Å². The van der Waals surface area contributed by atoms with Crippen molar-refractivity contribution in [3.63, 3.8) is 0 Å². The molecule has 0 radical (unpaired) electrons. The Morgan fingerprint density at radius 1 is 1.67 bits per heavy atom. The average Bonchev–Trinajstić information content (AvgIpc) is 1.41. The molecule has 0 aromatic rings. The van der Waals surface area contributed by atoms with Crippen LogP contribution in [0.1, 0.15) is 0 Å². The maximum Gasteiger partial charge on any atom is 1.00 e. The predicted molar refractivity (Wildman–Crippen MR) is 18.8 cm³/mol. The zero-order valence-electron chi connectivity index (χ0n) is 4.32. The molecule has 0 saturated heterocycles. The first-order valence-electron chi connectivity index (χ1n) is 1.64. The van der Waals surface area contributed by atoms with E-state index in [9.17, 15) is 5.11 Å². The quantitative estimate of drug-likeness (QED) is 0.353. The fourth-order valence-corrected chi connectivity index (χ4v) is 0.102. The third kappa shape index (κ3) is 8.87. The van der Waals surface area contributed by atoms with E-state index in [0.29, 0.717) is 6.54 Å². The summed E-state index contributed by atoms with van der Waals surface area (Å²) in [5, 5.41) is 12.2. The molecule has 0 aromatic heterocycles. The minimum atomic E-state index is -0.0174. The van der Waals surface area contributed by atoms with Gasteiger partial charge in [0.2, 0.25) is 0 Å². The normalized spacial score (nSPS) is 7.00. The molecule has 0 fully saturated rings. The number of likely N-dealkylation sites (N-methyl/N-ethyl adjacent to an activating group) is 1. The minimum absolute atomic E-state index is 0. The zero-order chi connectivity index (χ0) is 4.12. The van der Waals surface area contributed by atoms with Gasteiger partial charge in [-0.15, -0.1) is 6.61 Å². The third-order valence-electron chi connectivity index (χ3n) is 0.352. The fourth-order valence-electron chi connectivity index (χ4n) is 0.102. The summed E-state index contributed by atoms with van der Waals surface area (Å²) in [5.41, 5.74) is 0. The van der Waals surface area contributed by atoms with E-state index in [-0.39, 0.29) is 36.2 Å². The first-order chi connectivity index (χ1) is 2.41. The molecule has 32 valence electrons. The summed E-state index contributed by atoms with van der Waals surface area (Å²) >= 11 is 0. The Hall–Kier alpha value is 0.920. The molecule has 3 heteroatoms. The Balaban J connectivity index is 0. The van der Waals surface area contributed by atoms with Crippen molar-refractivity contribution in [3.05, 3.63) is 0 Å². The van der Waals surface area contributed by atoms with Crippen molar-refractivity contribution < 1.29 is 34.7 Å². The maximum absolute atomic E-state index is 9.47. The van der Waals surface area contributed by atoms with Crippen molar-refractivity contribution in [1.82, 2.24) is 5.32 Å². The second-order valence-electron chi connectivity index (χ2n) is 0.808. The van der Waals surface area contributed by atoms with E-state index in [0.717, 1.165) is 0 Å².